The largest absolute Gasteiger partial charge is 0.744 e. The minimum Gasteiger partial charge on any atom is -0.744 e. The zero-order chi connectivity index (χ0) is 64.6. The highest BCUT2D eigenvalue weighted by Gasteiger charge is 2.50. The van der Waals surface area contributed by atoms with Crippen molar-refractivity contribution in [2.24, 2.45) is 0 Å². The van der Waals surface area contributed by atoms with Crippen LogP contribution in [-0.4, -0.2) is 184 Å². The molecule has 0 radical (unpaired) electrons. The van der Waals surface area contributed by atoms with Crippen LogP contribution in [0.25, 0.3) is 21.5 Å². The molecule has 4 aromatic carbocycles. The minimum absolute atomic E-state index is 0.00559. The maximum atomic E-state index is 12.9. The summed E-state index contributed by atoms with van der Waals surface area (Å²) in [7, 11) is -22.4. The quantitative estimate of drug-likeness (QED) is 0.0154. The van der Waals surface area contributed by atoms with Crippen molar-refractivity contribution in [3.8, 4) is 0 Å². The van der Waals surface area contributed by atoms with E-state index in [9.17, 15) is 79.2 Å². The normalized spacial score (nSPS) is 19.0. The number of carbonyl (C=O) groups is 3. The predicted molar refractivity (Wildman–Crippen MR) is 316 cm³/mol. The molecule has 0 spiro atoms. The van der Waals surface area contributed by atoms with Gasteiger partial charge in [0, 0.05) is 86.5 Å². The van der Waals surface area contributed by atoms with Crippen LogP contribution in [0.1, 0.15) is 82.8 Å². The van der Waals surface area contributed by atoms with Crippen molar-refractivity contribution >= 4 is 107 Å². The van der Waals surface area contributed by atoms with Crippen molar-refractivity contribution < 1.29 is 112 Å². The molecule has 32 heteroatoms. The van der Waals surface area contributed by atoms with Gasteiger partial charge in [-0.05, 0) is 110 Å². The number of imide groups is 1. The van der Waals surface area contributed by atoms with Gasteiger partial charge in [0.05, 0.1) is 65.5 Å². The molecule has 88 heavy (non-hydrogen) atoms. The number of hydrogen-bond donors (Lipinski definition) is 4. The Labute approximate surface area is 510 Å². The molecule has 1 fully saturated rings. The number of methoxy groups -OCH3 is 2. The molecule has 27 nitrogen and oxygen atoms in total. The summed E-state index contributed by atoms with van der Waals surface area (Å²) in [5, 5.41) is 0.130. The Balaban J connectivity index is 1.34. The molecular formula is C56H69N3O24S5. The summed E-state index contributed by atoms with van der Waals surface area (Å²) >= 11 is 0. The number of unbranched alkanes of at least 4 members (excludes halogenated alkanes) is 2. The summed E-state index contributed by atoms with van der Waals surface area (Å²) in [6.07, 6.45) is 8.75. The van der Waals surface area contributed by atoms with Gasteiger partial charge in [0.25, 0.3) is 52.3 Å². The third-order valence-electron chi connectivity index (χ3n) is 15.4. The van der Waals surface area contributed by atoms with Crippen LogP contribution in [0.2, 0.25) is 0 Å². The number of hydroxylamine groups is 2. The lowest BCUT2D eigenvalue weighted by Crippen LogP contribution is -2.32. The van der Waals surface area contributed by atoms with Crippen molar-refractivity contribution in [1.82, 2.24) is 5.06 Å². The van der Waals surface area contributed by atoms with E-state index in [2.05, 4.69) is 0 Å². The number of anilines is 1. The number of nitrogens with zero attached hydrogens (tertiary/aromatic N) is 3. The van der Waals surface area contributed by atoms with Crippen LogP contribution in [0.5, 0.6) is 0 Å². The molecule has 3 heterocycles. The van der Waals surface area contributed by atoms with Crippen molar-refractivity contribution in [3.05, 3.63) is 95.7 Å². The van der Waals surface area contributed by atoms with E-state index < -0.39 is 105 Å². The van der Waals surface area contributed by atoms with Crippen LogP contribution in [-0.2, 0) is 104 Å². The van der Waals surface area contributed by atoms with E-state index in [1.54, 1.807) is 62.0 Å². The molecule has 3 aliphatic heterocycles. The zero-order valence-electron chi connectivity index (χ0n) is 48.5. The van der Waals surface area contributed by atoms with Crippen LogP contribution < -0.4 is 4.90 Å². The first-order valence-electron chi connectivity index (χ1n) is 27.6. The predicted octanol–water partition coefficient (Wildman–Crippen LogP) is 5.34. The number of allylic oxidation sites excluding steroid dienone is 6. The first kappa shape index (κ1) is 69.5. The first-order chi connectivity index (χ1) is 41.3. The molecule has 4 N–H and O–H groups in total. The SMILES string of the molecule is COCCOCCOCCOCCC1(C)\C(=C/C=C/C=C/C2=[N+](CCOC)c3ccc4c(S(=O)(=O)O)cc(S(=O)(=O)O)cc4c3C2(C)CCCS(=O)(=O)O)N(CCCCCC(=O)ON2C(=O)CCC2=O)c2ccc3c(S(=O)(=O)[O-])cc(S(=O)(=O)O)cc3c21. The number of hydrogen-bond acceptors (Lipinski definition) is 21. The van der Waals surface area contributed by atoms with E-state index >= 15 is 0 Å². The van der Waals surface area contributed by atoms with Crippen molar-refractivity contribution in [1.29, 1.82) is 0 Å². The molecule has 0 saturated carbocycles. The average Bonchev–Trinajstić information content (AvgIpc) is 2.06. The second kappa shape index (κ2) is 28.5. The van der Waals surface area contributed by atoms with Crippen molar-refractivity contribution in [2.75, 3.05) is 90.8 Å². The molecule has 1 saturated heterocycles. The number of carbonyl (C=O) groups excluding carboxylic acids is 3. The maximum Gasteiger partial charge on any atom is 0.333 e. The van der Waals surface area contributed by atoms with Gasteiger partial charge in [-0.15, -0.1) is 5.06 Å². The Bertz CT molecular complexity index is 4060. The average molecular weight is 1330 g/mol. The molecule has 2 atom stereocenters. The van der Waals surface area contributed by atoms with Crippen molar-refractivity contribution in [3.63, 3.8) is 0 Å². The van der Waals surface area contributed by atoms with Gasteiger partial charge >= 0.3 is 5.97 Å². The van der Waals surface area contributed by atoms with Crippen molar-refractivity contribution in [2.45, 2.75) is 102 Å². The molecule has 0 bridgehead atoms. The van der Waals surface area contributed by atoms with Gasteiger partial charge in [-0.25, -0.2) is 13.2 Å². The fourth-order valence-corrected chi connectivity index (χ4v) is 14.5. The van der Waals surface area contributed by atoms with Gasteiger partial charge in [0.1, 0.15) is 21.6 Å². The fraction of sp³-hybridized carbons (Fsp3) is 0.464. The van der Waals surface area contributed by atoms with Gasteiger partial charge in [0.15, 0.2) is 12.3 Å². The monoisotopic (exact) mass is 1330 g/mol. The topological polar surface area (TPSA) is 391 Å². The number of benzene rings is 4. The second-order valence-electron chi connectivity index (χ2n) is 21.3. The van der Waals surface area contributed by atoms with E-state index in [0.29, 0.717) is 78.2 Å². The minimum atomic E-state index is -5.40. The molecule has 2 amide bonds. The molecular weight excluding hydrogens is 1260 g/mol. The summed E-state index contributed by atoms with van der Waals surface area (Å²) in [5.74, 6) is -2.80. The molecule has 7 rings (SSSR count). The second-order valence-corrected chi connectivity index (χ2v) is 28.5. The Hall–Kier alpha value is -5.95. The smallest absolute Gasteiger partial charge is 0.333 e. The Morgan fingerprint density at radius 3 is 1.77 bits per heavy atom. The highest BCUT2D eigenvalue weighted by Crippen LogP contribution is 2.54. The highest BCUT2D eigenvalue weighted by molar-refractivity contribution is 7.87. The summed E-state index contributed by atoms with van der Waals surface area (Å²) < 4.78 is 210. The third-order valence-corrected chi connectivity index (χ3v) is 19.6. The van der Waals surface area contributed by atoms with E-state index in [1.165, 1.54) is 25.3 Å². The first-order valence-corrected chi connectivity index (χ1v) is 34.9. The number of amides is 2. The lowest BCUT2D eigenvalue weighted by Gasteiger charge is -2.31. The molecule has 482 valence electrons. The Morgan fingerprint density at radius 2 is 1.19 bits per heavy atom. The van der Waals surface area contributed by atoms with Gasteiger partial charge in [-0.3, -0.25) is 27.8 Å². The summed E-state index contributed by atoms with van der Waals surface area (Å²) in [4.78, 5) is 40.4. The van der Waals surface area contributed by atoms with Gasteiger partial charge in [0.2, 0.25) is 5.69 Å². The van der Waals surface area contributed by atoms with Gasteiger partial charge in [-0.2, -0.15) is 38.2 Å². The summed E-state index contributed by atoms with van der Waals surface area (Å²) in [6.45, 7) is 5.47. The van der Waals surface area contributed by atoms with Gasteiger partial charge in [-0.1, -0.05) is 30.7 Å². The lowest BCUT2D eigenvalue weighted by atomic mass is 9.74. The van der Waals surface area contributed by atoms with Crippen LogP contribution in [0.15, 0.2) is 104 Å². The van der Waals surface area contributed by atoms with Gasteiger partial charge < -0.3 is 38.0 Å². The van der Waals surface area contributed by atoms with Crippen LogP contribution in [0, 0.1) is 0 Å². The van der Waals surface area contributed by atoms with E-state index in [0.717, 1.165) is 12.1 Å². The number of rotatable bonds is 33. The van der Waals surface area contributed by atoms with Crippen LogP contribution in [0.3, 0.4) is 0 Å². The van der Waals surface area contributed by atoms with Crippen LogP contribution >= 0.6 is 0 Å². The van der Waals surface area contributed by atoms with Crippen LogP contribution in [0.4, 0.5) is 11.4 Å². The summed E-state index contributed by atoms with van der Waals surface area (Å²) in [5.41, 5.74) is -0.194. The standard InChI is InChI=1S/C56H69N3O24S5/c1-55(21-11-33-84(63,64)65)48(58(24-26-78-3)45-18-16-40-42(53(45)55)34-38(85(66,67)68)36-46(40)87(72,73)74)12-7-5-8-13-49-56(2,22-25-80-29-30-82-32-31-81-28-27-79-4)54-43-35-39(86(69,70)71)37-47(88(75,76)77)41(43)15-17-44(54)57(49)23-10-6-9-14-52(62)83-59-50(60)19-20-51(59)61/h5,7-8,12-13,15-18,34-37H,6,9-11,14,19-33H2,1-4H3,(H4-,63,64,65,66,67,68,69,70,71,72,73,74,75,76,77). The molecule has 0 aromatic heterocycles. The molecule has 2 unspecified atom stereocenters. The number of fused-ring (bicyclic) bond motifs is 6. The van der Waals surface area contributed by atoms with E-state index in [1.807, 2.05) is 4.90 Å². The Kier molecular flexibility index (Phi) is 22.5. The molecule has 4 aromatic rings. The maximum absolute atomic E-state index is 12.9. The fourth-order valence-electron chi connectivity index (χ4n) is 11.3. The highest BCUT2D eigenvalue weighted by atomic mass is 32.2. The molecule has 3 aliphatic rings. The lowest BCUT2D eigenvalue weighted by molar-refractivity contribution is -0.441. The van der Waals surface area contributed by atoms with E-state index in [-0.39, 0.29) is 118 Å². The third kappa shape index (κ3) is 16.3. The zero-order valence-corrected chi connectivity index (χ0v) is 52.6. The molecule has 0 aliphatic carbocycles. The van der Waals surface area contributed by atoms with E-state index in [4.69, 9.17) is 28.5 Å². The summed E-state index contributed by atoms with van der Waals surface area (Å²) in [6, 6.07) is 9.11. The Morgan fingerprint density at radius 1 is 0.625 bits per heavy atom. The number of ether oxygens (including phenoxy) is 5.